The van der Waals surface area contributed by atoms with Gasteiger partial charge < -0.3 is 14.8 Å². The van der Waals surface area contributed by atoms with Crippen LogP contribution in [-0.4, -0.2) is 63.5 Å². The molecule has 2 fully saturated rings. The van der Waals surface area contributed by atoms with E-state index >= 15 is 0 Å². The lowest BCUT2D eigenvalue weighted by Gasteiger charge is -2.40. The molecule has 3 atom stereocenters. The highest BCUT2D eigenvalue weighted by molar-refractivity contribution is 4.87. The monoisotopic (exact) mass is 256 g/mol. The number of hydrogen-bond donors (Lipinski definition) is 1. The number of hydrogen-bond acceptors (Lipinski definition) is 4. The normalized spacial score (nSPS) is 31.5. The lowest BCUT2D eigenvalue weighted by atomic mass is 9.94. The maximum atomic E-state index is 5.60. The molecule has 18 heavy (non-hydrogen) atoms. The van der Waals surface area contributed by atoms with Crippen LogP contribution >= 0.6 is 0 Å². The summed E-state index contributed by atoms with van der Waals surface area (Å²) >= 11 is 0. The first-order valence-electron chi connectivity index (χ1n) is 7.23. The molecule has 0 aromatic heterocycles. The number of nitrogens with one attached hydrogen (secondary N) is 1. The molecule has 1 aliphatic heterocycles. The first-order chi connectivity index (χ1) is 8.74. The van der Waals surface area contributed by atoms with E-state index in [-0.39, 0.29) is 0 Å². The Morgan fingerprint density at radius 3 is 2.67 bits per heavy atom. The zero-order chi connectivity index (χ0) is 13.0. The van der Waals surface area contributed by atoms with Crippen molar-refractivity contribution in [3.05, 3.63) is 0 Å². The predicted octanol–water partition coefficient (Wildman–Crippen LogP) is 1.11. The first-order valence-corrected chi connectivity index (χ1v) is 7.23. The largest absolute Gasteiger partial charge is 0.383 e. The van der Waals surface area contributed by atoms with E-state index in [9.17, 15) is 0 Å². The summed E-state index contributed by atoms with van der Waals surface area (Å²) < 4.78 is 11.0. The lowest BCUT2D eigenvalue weighted by Crippen LogP contribution is -2.53. The van der Waals surface area contributed by atoms with Crippen molar-refractivity contribution in [2.24, 2.45) is 5.92 Å². The van der Waals surface area contributed by atoms with Crippen LogP contribution in [0.5, 0.6) is 0 Å². The van der Waals surface area contributed by atoms with Gasteiger partial charge in [-0.05, 0) is 31.7 Å². The molecule has 0 spiro atoms. The van der Waals surface area contributed by atoms with E-state index < -0.39 is 0 Å². The minimum Gasteiger partial charge on any atom is -0.383 e. The van der Waals surface area contributed by atoms with Crippen molar-refractivity contribution in [3.63, 3.8) is 0 Å². The van der Waals surface area contributed by atoms with Crippen molar-refractivity contribution < 1.29 is 9.47 Å². The van der Waals surface area contributed by atoms with Crippen LogP contribution < -0.4 is 5.32 Å². The molecule has 0 aromatic rings. The second kappa shape index (κ2) is 6.85. The fourth-order valence-electron chi connectivity index (χ4n) is 2.77. The van der Waals surface area contributed by atoms with Crippen molar-refractivity contribution in [2.75, 3.05) is 40.5 Å². The Bertz CT molecular complexity index is 246. The van der Waals surface area contributed by atoms with Crippen LogP contribution in [0.2, 0.25) is 0 Å². The summed E-state index contributed by atoms with van der Waals surface area (Å²) in [7, 11) is 3.63. The van der Waals surface area contributed by atoms with Gasteiger partial charge >= 0.3 is 0 Å². The van der Waals surface area contributed by atoms with E-state index in [1.54, 1.807) is 7.11 Å². The van der Waals surface area contributed by atoms with Crippen LogP contribution in [0.1, 0.15) is 26.2 Å². The molecule has 4 nitrogen and oxygen atoms in total. The maximum absolute atomic E-state index is 5.60. The second-order valence-corrected chi connectivity index (χ2v) is 5.83. The predicted molar refractivity (Wildman–Crippen MR) is 72.8 cm³/mol. The highest BCUT2D eigenvalue weighted by Gasteiger charge is 2.31. The molecule has 1 aliphatic carbocycles. The highest BCUT2D eigenvalue weighted by Crippen LogP contribution is 2.22. The smallest absolute Gasteiger partial charge is 0.0724 e. The van der Waals surface area contributed by atoms with Crippen molar-refractivity contribution in [3.8, 4) is 0 Å². The molecule has 2 aliphatic rings. The number of methoxy groups -OCH3 is 2. The van der Waals surface area contributed by atoms with Gasteiger partial charge in [0.05, 0.1) is 12.7 Å². The average Bonchev–Trinajstić information content (AvgIpc) is 3.19. The molecule has 106 valence electrons. The lowest BCUT2D eigenvalue weighted by molar-refractivity contribution is -0.0303. The van der Waals surface area contributed by atoms with Gasteiger partial charge in [-0.3, -0.25) is 4.90 Å². The quantitative estimate of drug-likeness (QED) is 0.740. The zero-order valence-electron chi connectivity index (χ0n) is 12.0. The van der Waals surface area contributed by atoms with Gasteiger partial charge in [0, 0.05) is 39.4 Å². The van der Waals surface area contributed by atoms with E-state index in [1.807, 2.05) is 7.11 Å². The van der Waals surface area contributed by atoms with Crippen LogP contribution in [0.15, 0.2) is 0 Å². The maximum Gasteiger partial charge on any atom is 0.0724 e. The SMILES string of the molecule is COCC(CNC1CC1)N1CCC(C)C(OC)C1. The standard InChI is InChI=1S/C14H28N2O2/c1-11-6-7-16(9-14(11)18-3)13(10-17-2)8-15-12-4-5-12/h11-15H,4-10H2,1-3H3. The third-order valence-corrected chi connectivity index (χ3v) is 4.32. The number of rotatable bonds is 7. The molecule has 0 bridgehead atoms. The molecular weight excluding hydrogens is 228 g/mol. The second-order valence-electron chi connectivity index (χ2n) is 5.83. The summed E-state index contributed by atoms with van der Waals surface area (Å²) in [6.07, 6.45) is 4.29. The van der Waals surface area contributed by atoms with Gasteiger partial charge in [0.2, 0.25) is 0 Å². The number of likely N-dealkylation sites (tertiary alicyclic amines) is 1. The molecule has 3 unspecified atom stereocenters. The third-order valence-electron chi connectivity index (χ3n) is 4.32. The van der Waals surface area contributed by atoms with Crippen LogP contribution in [0, 0.1) is 5.92 Å². The topological polar surface area (TPSA) is 33.7 Å². The Morgan fingerprint density at radius 2 is 2.06 bits per heavy atom. The van der Waals surface area contributed by atoms with Gasteiger partial charge in [0.1, 0.15) is 0 Å². The van der Waals surface area contributed by atoms with E-state index in [0.29, 0.717) is 18.1 Å². The van der Waals surface area contributed by atoms with E-state index in [1.165, 1.54) is 25.8 Å². The Kier molecular flexibility index (Phi) is 5.42. The average molecular weight is 256 g/mol. The van der Waals surface area contributed by atoms with E-state index in [2.05, 4.69) is 17.1 Å². The summed E-state index contributed by atoms with van der Waals surface area (Å²) in [5, 5.41) is 3.62. The van der Waals surface area contributed by atoms with Crippen LogP contribution in [0.25, 0.3) is 0 Å². The fourth-order valence-corrected chi connectivity index (χ4v) is 2.77. The molecule has 4 heteroatoms. The van der Waals surface area contributed by atoms with Gasteiger partial charge in [-0.15, -0.1) is 0 Å². The van der Waals surface area contributed by atoms with Crippen LogP contribution in [0.3, 0.4) is 0 Å². The minimum absolute atomic E-state index is 0.374. The molecule has 0 amide bonds. The summed E-state index contributed by atoms with van der Waals surface area (Å²) in [5.74, 6) is 0.672. The number of nitrogens with zero attached hydrogens (tertiary/aromatic N) is 1. The van der Waals surface area contributed by atoms with Gasteiger partial charge in [0.25, 0.3) is 0 Å². The molecule has 1 saturated carbocycles. The summed E-state index contributed by atoms with van der Waals surface area (Å²) in [6, 6.07) is 1.26. The van der Waals surface area contributed by atoms with Crippen molar-refractivity contribution >= 4 is 0 Å². The Labute approximate surface area is 111 Å². The molecule has 1 heterocycles. The number of ether oxygens (including phenoxy) is 2. The fraction of sp³-hybridized carbons (Fsp3) is 1.00. The van der Waals surface area contributed by atoms with Crippen molar-refractivity contribution in [1.82, 2.24) is 10.2 Å². The molecular formula is C14H28N2O2. The minimum atomic E-state index is 0.374. The van der Waals surface area contributed by atoms with Gasteiger partial charge in [-0.1, -0.05) is 6.92 Å². The van der Waals surface area contributed by atoms with E-state index in [4.69, 9.17) is 9.47 Å². The van der Waals surface area contributed by atoms with Crippen molar-refractivity contribution in [2.45, 2.75) is 44.4 Å². The summed E-state index contributed by atoms with van der Waals surface area (Å²) in [6.45, 7) is 6.35. The number of piperidine rings is 1. The molecule has 2 rings (SSSR count). The van der Waals surface area contributed by atoms with Crippen LogP contribution in [0.4, 0.5) is 0 Å². The Morgan fingerprint density at radius 1 is 1.28 bits per heavy atom. The Hall–Kier alpha value is -0.160. The summed E-state index contributed by atoms with van der Waals surface area (Å²) in [5.41, 5.74) is 0. The van der Waals surface area contributed by atoms with Gasteiger partial charge in [-0.2, -0.15) is 0 Å². The van der Waals surface area contributed by atoms with Crippen LogP contribution in [-0.2, 0) is 9.47 Å². The molecule has 0 aromatic carbocycles. The first kappa shape index (κ1) is 14.3. The highest BCUT2D eigenvalue weighted by atomic mass is 16.5. The third kappa shape index (κ3) is 3.92. The van der Waals surface area contributed by atoms with Crippen molar-refractivity contribution in [1.29, 1.82) is 0 Å². The zero-order valence-corrected chi connectivity index (χ0v) is 12.0. The van der Waals surface area contributed by atoms with E-state index in [0.717, 1.165) is 25.7 Å². The summed E-state index contributed by atoms with van der Waals surface area (Å²) in [4.78, 5) is 2.53. The molecule has 0 radical (unpaired) electrons. The van der Waals surface area contributed by atoms with Gasteiger partial charge in [-0.25, -0.2) is 0 Å². The molecule has 1 N–H and O–H groups in total. The van der Waals surface area contributed by atoms with Gasteiger partial charge in [0.15, 0.2) is 0 Å². The molecule has 1 saturated heterocycles. The Balaban J connectivity index is 1.83.